The van der Waals surface area contributed by atoms with Crippen LogP contribution in [0.5, 0.6) is 5.75 Å². The minimum Gasteiger partial charge on any atom is -0.497 e. The SMILES string of the molecule is COc1ccc(-c2cnc(Nc3ccc(N4CCN(C)CC4)cc3)s2)cc1. The van der Waals surface area contributed by atoms with Crippen LogP contribution >= 0.6 is 11.3 Å². The molecule has 27 heavy (non-hydrogen) atoms. The summed E-state index contributed by atoms with van der Waals surface area (Å²) in [4.78, 5) is 10.5. The van der Waals surface area contributed by atoms with Crippen molar-refractivity contribution in [1.29, 1.82) is 0 Å². The Balaban J connectivity index is 1.41. The summed E-state index contributed by atoms with van der Waals surface area (Å²) in [5, 5.41) is 4.31. The Morgan fingerprint density at radius 1 is 0.963 bits per heavy atom. The second-order valence-corrected chi connectivity index (χ2v) is 7.75. The molecule has 3 aromatic rings. The zero-order valence-corrected chi connectivity index (χ0v) is 16.5. The van der Waals surface area contributed by atoms with Crippen LogP contribution in [0, 0.1) is 0 Å². The number of rotatable bonds is 5. The molecule has 140 valence electrons. The van der Waals surface area contributed by atoms with Gasteiger partial charge < -0.3 is 19.9 Å². The van der Waals surface area contributed by atoms with Gasteiger partial charge in [0.15, 0.2) is 5.13 Å². The topological polar surface area (TPSA) is 40.6 Å². The van der Waals surface area contributed by atoms with Crippen molar-refractivity contribution in [2.24, 2.45) is 0 Å². The number of aromatic nitrogens is 1. The van der Waals surface area contributed by atoms with E-state index in [1.165, 1.54) is 5.69 Å². The molecule has 5 nitrogen and oxygen atoms in total. The van der Waals surface area contributed by atoms with Gasteiger partial charge in [0.2, 0.25) is 0 Å². The first-order chi connectivity index (χ1) is 13.2. The summed E-state index contributed by atoms with van der Waals surface area (Å²) in [6, 6.07) is 16.7. The van der Waals surface area contributed by atoms with Gasteiger partial charge in [0.25, 0.3) is 0 Å². The van der Waals surface area contributed by atoms with Gasteiger partial charge in [-0.3, -0.25) is 0 Å². The number of likely N-dealkylation sites (N-methyl/N-ethyl adjacent to an activating group) is 1. The van der Waals surface area contributed by atoms with Gasteiger partial charge in [-0.2, -0.15) is 0 Å². The molecule has 4 rings (SSSR count). The van der Waals surface area contributed by atoms with Crippen LogP contribution in [0.2, 0.25) is 0 Å². The molecule has 1 saturated heterocycles. The lowest BCUT2D eigenvalue weighted by Gasteiger charge is -2.34. The third-order valence-corrected chi connectivity index (χ3v) is 5.83. The van der Waals surface area contributed by atoms with E-state index in [-0.39, 0.29) is 0 Å². The van der Waals surface area contributed by atoms with Crippen molar-refractivity contribution in [3.63, 3.8) is 0 Å². The third-order valence-electron chi connectivity index (χ3n) is 4.87. The molecule has 1 N–H and O–H groups in total. The fraction of sp³-hybridized carbons (Fsp3) is 0.286. The molecule has 0 spiro atoms. The molecule has 6 heteroatoms. The zero-order chi connectivity index (χ0) is 18.6. The summed E-state index contributed by atoms with van der Waals surface area (Å²) >= 11 is 1.65. The number of thiazole rings is 1. The molecule has 0 saturated carbocycles. The van der Waals surface area contributed by atoms with Gasteiger partial charge in [0.1, 0.15) is 5.75 Å². The average molecular weight is 381 g/mol. The number of ether oxygens (including phenoxy) is 1. The van der Waals surface area contributed by atoms with Crippen LogP contribution in [0.25, 0.3) is 10.4 Å². The fourth-order valence-corrected chi connectivity index (χ4v) is 4.01. The first-order valence-electron chi connectivity index (χ1n) is 9.12. The molecular weight excluding hydrogens is 356 g/mol. The second kappa shape index (κ2) is 7.98. The Bertz CT molecular complexity index is 868. The minimum absolute atomic E-state index is 0.863. The first kappa shape index (κ1) is 17.8. The van der Waals surface area contributed by atoms with Crippen LogP contribution in [0.15, 0.2) is 54.7 Å². The van der Waals surface area contributed by atoms with Crippen molar-refractivity contribution in [2.75, 3.05) is 50.6 Å². The highest BCUT2D eigenvalue weighted by atomic mass is 32.1. The predicted molar refractivity (Wildman–Crippen MR) is 114 cm³/mol. The van der Waals surface area contributed by atoms with E-state index < -0.39 is 0 Å². The zero-order valence-electron chi connectivity index (χ0n) is 15.7. The van der Waals surface area contributed by atoms with Crippen LogP contribution in [-0.4, -0.2) is 50.2 Å². The van der Waals surface area contributed by atoms with Gasteiger partial charge in [0, 0.05) is 43.8 Å². The maximum Gasteiger partial charge on any atom is 0.187 e. The summed E-state index contributed by atoms with van der Waals surface area (Å²) in [6.45, 7) is 4.41. The number of benzene rings is 2. The molecule has 0 aliphatic carbocycles. The van der Waals surface area contributed by atoms with Crippen molar-refractivity contribution in [2.45, 2.75) is 0 Å². The minimum atomic E-state index is 0.863. The normalized spacial score (nSPS) is 15.0. The molecule has 0 radical (unpaired) electrons. The van der Waals surface area contributed by atoms with E-state index in [0.717, 1.165) is 53.2 Å². The largest absolute Gasteiger partial charge is 0.497 e. The molecule has 0 bridgehead atoms. The molecule has 2 aromatic carbocycles. The van der Waals surface area contributed by atoms with Crippen LogP contribution in [-0.2, 0) is 0 Å². The predicted octanol–water partition coefficient (Wildman–Crippen LogP) is 4.31. The number of methoxy groups -OCH3 is 1. The monoisotopic (exact) mass is 380 g/mol. The van der Waals surface area contributed by atoms with Gasteiger partial charge in [-0.25, -0.2) is 4.98 Å². The highest BCUT2D eigenvalue weighted by Crippen LogP contribution is 2.32. The standard InChI is InChI=1S/C21H24N4OS/c1-24-11-13-25(14-12-24)18-7-5-17(6-8-18)23-21-22-15-20(27-21)16-3-9-19(26-2)10-4-16/h3-10,15H,11-14H2,1-2H3,(H,22,23). The highest BCUT2D eigenvalue weighted by Gasteiger charge is 2.14. The first-order valence-corrected chi connectivity index (χ1v) is 9.94. The number of hydrogen-bond acceptors (Lipinski definition) is 6. The molecule has 1 aliphatic rings. The van der Waals surface area contributed by atoms with E-state index in [1.54, 1.807) is 18.4 Å². The molecule has 0 atom stereocenters. The molecule has 1 fully saturated rings. The third kappa shape index (κ3) is 4.23. The molecule has 0 unspecified atom stereocenters. The summed E-state index contributed by atoms with van der Waals surface area (Å²) in [5.41, 5.74) is 3.49. The van der Waals surface area contributed by atoms with Gasteiger partial charge in [0.05, 0.1) is 12.0 Å². The number of anilines is 3. The van der Waals surface area contributed by atoms with Crippen molar-refractivity contribution >= 4 is 27.8 Å². The van der Waals surface area contributed by atoms with Crippen molar-refractivity contribution in [3.05, 3.63) is 54.7 Å². The Labute approximate surface area is 164 Å². The van der Waals surface area contributed by atoms with E-state index in [9.17, 15) is 0 Å². The van der Waals surface area contributed by atoms with E-state index in [0.29, 0.717) is 0 Å². The number of piperazine rings is 1. The van der Waals surface area contributed by atoms with E-state index in [2.05, 4.69) is 63.5 Å². The Hall–Kier alpha value is -2.57. The Kier molecular flexibility index (Phi) is 5.27. The lowest BCUT2D eigenvalue weighted by molar-refractivity contribution is 0.313. The molecule has 2 heterocycles. The second-order valence-electron chi connectivity index (χ2n) is 6.72. The fourth-order valence-electron chi connectivity index (χ4n) is 3.16. The van der Waals surface area contributed by atoms with E-state index >= 15 is 0 Å². The average Bonchev–Trinajstić information content (AvgIpc) is 3.18. The Morgan fingerprint density at radius 3 is 2.33 bits per heavy atom. The van der Waals surface area contributed by atoms with Gasteiger partial charge in [-0.1, -0.05) is 11.3 Å². The van der Waals surface area contributed by atoms with Crippen LogP contribution in [0.1, 0.15) is 0 Å². The Morgan fingerprint density at radius 2 is 1.67 bits per heavy atom. The lowest BCUT2D eigenvalue weighted by Crippen LogP contribution is -2.44. The van der Waals surface area contributed by atoms with Gasteiger partial charge >= 0.3 is 0 Å². The molecule has 0 amide bonds. The van der Waals surface area contributed by atoms with Crippen molar-refractivity contribution < 1.29 is 4.74 Å². The molecular formula is C21H24N4OS. The van der Waals surface area contributed by atoms with E-state index in [4.69, 9.17) is 4.74 Å². The maximum absolute atomic E-state index is 5.22. The van der Waals surface area contributed by atoms with E-state index in [1.807, 2.05) is 18.3 Å². The van der Waals surface area contributed by atoms with Gasteiger partial charge in [-0.05, 0) is 61.1 Å². The summed E-state index contributed by atoms with van der Waals surface area (Å²) in [7, 11) is 3.86. The maximum atomic E-state index is 5.22. The smallest absolute Gasteiger partial charge is 0.187 e. The molecule has 1 aliphatic heterocycles. The van der Waals surface area contributed by atoms with Crippen LogP contribution in [0.3, 0.4) is 0 Å². The van der Waals surface area contributed by atoms with Crippen molar-refractivity contribution in [3.8, 4) is 16.2 Å². The summed E-state index contributed by atoms with van der Waals surface area (Å²) in [6.07, 6.45) is 1.91. The lowest BCUT2D eigenvalue weighted by atomic mass is 10.2. The summed E-state index contributed by atoms with van der Waals surface area (Å²) < 4.78 is 5.22. The van der Waals surface area contributed by atoms with Crippen LogP contribution < -0.4 is 15.0 Å². The number of hydrogen-bond donors (Lipinski definition) is 1. The molecule has 1 aromatic heterocycles. The summed E-state index contributed by atoms with van der Waals surface area (Å²) in [5.74, 6) is 0.863. The van der Waals surface area contributed by atoms with Gasteiger partial charge in [-0.15, -0.1) is 0 Å². The highest BCUT2D eigenvalue weighted by molar-refractivity contribution is 7.18. The number of nitrogens with zero attached hydrogens (tertiary/aromatic N) is 3. The quantitative estimate of drug-likeness (QED) is 0.714. The number of nitrogens with one attached hydrogen (secondary N) is 1. The van der Waals surface area contributed by atoms with Crippen LogP contribution in [0.4, 0.5) is 16.5 Å². The van der Waals surface area contributed by atoms with Crippen molar-refractivity contribution in [1.82, 2.24) is 9.88 Å².